The molecule has 0 amide bonds. The molecule has 94 valence electrons. The van der Waals surface area contributed by atoms with Crippen LogP contribution in [0, 0.1) is 0 Å². The number of rotatable bonds is 5. The molecule has 2 heteroatoms. The van der Waals surface area contributed by atoms with Crippen molar-refractivity contribution in [2.75, 3.05) is 11.9 Å². The quantitative estimate of drug-likeness (QED) is 0.801. The van der Waals surface area contributed by atoms with Gasteiger partial charge in [-0.05, 0) is 36.1 Å². The minimum absolute atomic E-state index is 0.567. The third kappa shape index (κ3) is 3.78. The molecule has 0 aliphatic heterocycles. The second-order valence-electron chi connectivity index (χ2n) is 4.54. The summed E-state index contributed by atoms with van der Waals surface area (Å²) >= 11 is 5.94. The molecule has 0 heterocycles. The monoisotopic (exact) mass is 259 g/mol. The van der Waals surface area contributed by atoms with Gasteiger partial charge in [0.1, 0.15) is 0 Å². The normalized spacial score (nSPS) is 12.1. The Balaban J connectivity index is 1.82. The smallest absolute Gasteiger partial charge is 0.0426 e. The highest BCUT2D eigenvalue weighted by molar-refractivity contribution is 6.30. The van der Waals surface area contributed by atoms with Gasteiger partial charge in [-0.25, -0.2) is 0 Å². The Morgan fingerprint density at radius 2 is 1.83 bits per heavy atom. The van der Waals surface area contributed by atoms with E-state index in [1.165, 1.54) is 5.56 Å². The van der Waals surface area contributed by atoms with Crippen LogP contribution in [0.4, 0.5) is 5.69 Å². The molecule has 0 saturated heterocycles. The second-order valence-corrected chi connectivity index (χ2v) is 4.97. The minimum Gasteiger partial charge on any atom is -0.385 e. The van der Waals surface area contributed by atoms with E-state index in [1.54, 1.807) is 0 Å². The predicted octanol–water partition coefficient (Wildman–Crippen LogP) is 4.95. The molecule has 1 N–H and O–H groups in total. The molecular weight excluding hydrogens is 242 g/mol. The van der Waals surface area contributed by atoms with Gasteiger partial charge >= 0.3 is 0 Å². The number of anilines is 1. The van der Waals surface area contributed by atoms with Crippen molar-refractivity contribution < 1.29 is 0 Å². The van der Waals surface area contributed by atoms with E-state index in [2.05, 4.69) is 42.6 Å². The lowest BCUT2D eigenvalue weighted by molar-refractivity contribution is 0.706. The van der Waals surface area contributed by atoms with Crippen molar-refractivity contribution in [1.29, 1.82) is 0 Å². The van der Waals surface area contributed by atoms with E-state index >= 15 is 0 Å². The zero-order valence-corrected chi connectivity index (χ0v) is 11.3. The number of hydrogen-bond acceptors (Lipinski definition) is 1. The Labute approximate surface area is 114 Å². The number of benzene rings is 2. The van der Waals surface area contributed by atoms with Gasteiger partial charge in [0.05, 0.1) is 0 Å². The molecule has 0 saturated carbocycles. The number of hydrogen-bond donors (Lipinski definition) is 1. The zero-order valence-electron chi connectivity index (χ0n) is 10.6. The van der Waals surface area contributed by atoms with Gasteiger partial charge < -0.3 is 5.32 Å². The Morgan fingerprint density at radius 1 is 1.06 bits per heavy atom. The lowest BCUT2D eigenvalue weighted by Gasteiger charge is -2.13. The maximum atomic E-state index is 5.94. The Kier molecular flexibility index (Phi) is 4.66. The molecule has 0 radical (unpaired) electrons. The van der Waals surface area contributed by atoms with Crippen molar-refractivity contribution in [3.05, 3.63) is 65.2 Å². The van der Waals surface area contributed by atoms with Crippen LogP contribution in [0.25, 0.3) is 0 Å². The molecule has 2 aromatic rings. The average Bonchev–Trinajstić information content (AvgIpc) is 2.40. The first kappa shape index (κ1) is 13.0. The molecule has 0 bridgehead atoms. The molecule has 2 rings (SSSR count). The van der Waals surface area contributed by atoms with Gasteiger partial charge in [-0.1, -0.05) is 54.9 Å². The topological polar surface area (TPSA) is 12.0 Å². The molecule has 0 aliphatic rings. The molecule has 18 heavy (non-hydrogen) atoms. The van der Waals surface area contributed by atoms with Crippen LogP contribution in [0.15, 0.2) is 54.6 Å². The summed E-state index contributed by atoms with van der Waals surface area (Å²) in [5.74, 6) is 0.567. The molecule has 1 unspecified atom stereocenters. The first-order chi connectivity index (χ1) is 8.75. The van der Waals surface area contributed by atoms with Crippen molar-refractivity contribution in [2.24, 2.45) is 0 Å². The lowest BCUT2D eigenvalue weighted by atomic mass is 9.98. The Hall–Kier alpha value is -1.47. The standard InChI is InChI=1S/C16H18ClN/c1-13(14-6-3-2-4-7-14)10-11-18-16-9-5-8-15(17)12-16/h2-9,12-13,18H,10-11H2,1H3. The van der Waals surface area contributed by atoms with E-state index in [0.29, 0.717) is 5.92 Å². The number of nitrogens with one attached hydrogen (secondary N) is 1. The second kappa shape index (κ2) is 6.46. The summed E-state index contributed by atoms with van der Waals surface area (Å²) in [5.41, 5.74) is 2.48. The highest BCUT2D eigenvalue weighted by Gasteiger charge is 2.04. The van der Waals surface area contributed by atoms with Crippen LogP contribution in [-0.2, 0) is 0 Å². The van der Waals surface area contributed by atoms with Gasteiger partial charge in [0.25, 0.3) is 0 Å². The third-order valence-electron chi connectivity index (χ3n) is 3.10. The summed E-state index contributed by atoms with van der Waals surface area (Å²) in [6.45, 7) is 3.21. The highest BCUT2D eigenvalue weighted by atomic mass is 35.5. The lowest BCUT2D eigenvalue weighted by Crippen LogP contribution is -2.05. The van der Waals surface area contributed by atoms with E-state index < -0.39 is 0 Å². The SMILES string of the molecule is CC(CCNc1cccc(Cl)c1)c1ccccc1. The molecule has 2 aromatic carbocycles. The average molecular weight is 260 g/mol. The van der Waals surface area contributed by atoms with Crippen molar-refractivity contribution >= 4 is 17.3 Å². The van der Waals surface area contributed by atoms with Crippen LogP contribution in [-0.4, -0.2) is 6.54 Å². The summed E-state index contributed by atoms with van der Waals surface area (Å²) in [6, 6.07) is 18.5. The van der Waals surface area contributed by atoms with E-state index in [9.17, 15) is 0 Å². The highest BCUT2D eigenvalue weighted by Crippen LogP contribution is 2.19. The van der Waals surface area contributed by atoms with Gasteiger partial charge in [-0.15, -0.1) is 0 Å². The molecule has 0 fully saturated rings. The molecule has 1 atom stereocenters. The van der Waals surface area contributed by atoms with Crippen LogP contribution in [0.2, 0.25) is 5.02 Å². The Morgan fingerprint density at radius 3 is 2.56 bits per heavy atom. The van der Waals surface area contributed by atoms with Crippen molar-refractivity contribution in [1.82, 2.24) is 0 Å². The third-order valence-corrected chi connectivity index (χ3v) is 3.33. The fraction of sp³-hybridized carbons (Fsp3) is 0.250. The van der Waals surface area contributed by atoms with Crippen LogP contribution < -0.4 is 5.32 Å². The van der Waals surface area contributed by atoms with E-state index in [4.69, 9.17) is 11.6 Å². The van der Waals surface area contributed by atoms with E-state index in [-0.39, 0.29) is 0 Å². The largest absolute Gasteiger partial charge is 0.385 e. The van der Waals surface area contributed by atoms with Crippen molar-refractivity contribution in [2.45, 2.75) is 19.3 Å². The fourth-order valence-electron chi connectivity index (χ4n) is 1.98. The van der Waals surface area contributed by atoms with Gasteiger partial charge in [-0.2, -0.15) is 0 Å². The first-order valence-electron chi connectivity index (χ1n) is 6.30. The molecular formula is C16H18ClN. The van der Waals surface area contributed by atoms with Crippen LogP contribution in [0.3, 0.4) is 0 Å². The summed E-state index contributed by atoms with van der Waals surface area (Å²) in [7, 11) is 0. The maximum Gasteiger partial charge on any atom is 0.0426 e. The van der Waals surface area contributed by atoms with Crippen LogP contribution in [0.1, 0.15) is 24.8 Å². The van der Waals surface area contributed by atoms with Gasteiger partial charge in [0.2, 0.25) is 0 Å². The predicted molar refractivity (Wildman–Crippen MR) is 79.4 cm³/mol. The van der Waals surface area contributed by atoms with Gasteiger partial charge in [-0.3, -0.25) is 0 Å². The first-order valence-corrected chi connectivity index (χ1v) is 6.68. The summed E-state index contributed by atoms with van der Waals surface area (Å²) in [5, 5.41) is 4.18. The molecule has 0 spiro atoms. The minimum atomic E-state index is 0.567. The molecule has 0 aromatic heterocycles. The van der Waals surface area contributed by atoms with Crippen LogP contribution in [0.5, 0.6) is 0 Å². The Bertz CT molecular complexity index is 481. The van der Waals surface area contributed by atoms with Crippen LogP contribution >= 0.6 is 11.6 Å². The van der Waals surface area contributed by atoms with Crippen molar-refractivity contribution in [3.63, 3.8) is 0 Å². The van der Waals surface area contributed by atoms with Crippen molar-refractivity contribution in [3.8, 4) is 0 Å². The molecule has 0 aliphatic carbocycles. The zero-order chi connectivity index (χ0) is 12.8. The summed E-state index contributed by atoms with van der Waals surface area (Å²) in [6.07, 6.45) is 1.11. The fourth-order valence-corrected chi connectivity index (χ4v) is 2.17. The van der Waals surface area contributed by atoms with Gasteiger partial charge in [0.15, 0.2) is 0 Å². The molecule has 1 nitrogen and oxygen atoms in total. The van der Waals surface area contributed by atoms with E-state index in [1.807, 2.05) is 24.3 Å². The van der Waals surface area contributed by atoms with E-state index in [0.717, 1.165) is 23.7 Å². The summed E-state index contributed by atoms with van der Waals surface area (Å²) < 4.78 is 0. The number of halogens is 1. The summed E-state index contributed by atoms with van der Waals surface area (Å²) in [4.78, 5) is 0. The van der Waals surface area contributed by atoms with Gasteiger partial charge in [0, 0.05) is 17.3 Å². The maximum absolute atomic E-state index is 5.94.